The van der Waals surface area contributed by atoms with Crippen LogP contribution in [0.25, 0.3) is 11.0 Å². The first-order valence-electron chi connectivity index (χ1n) is 9.46. The number of pyridine rings is 1. The standard InChI is InChI=1S/C19H23N5O2/c1-11-4-6-24(11)19-21-17-14(3-2-5-20-17)18(22-19)23-9-12-7-13(10-23)15(12)8-16(25)26/h2-3,5,11-13,15H,4,6-10H2,1H3,(H,25,26)/t11-,12-,13+,15?/m0/s1. The molecular weight excluding hydrogens is 330 g/mol. The van der Waals surface area contributed by atoms with E-state index in [0.717, 1.165) is 48.9 Å². The Bertz CT molecular complexity index is 860. The zero-order valence-electron chi connectivity index (χ0n) is 14.9. The highest BCUT2D eigenvalue weighted by molar-refractivity contribution is 5.88. The zero-order valence-corrected chi connectivity index (χ0v) is 14.9. The Morgan fingerprint density at radius 3 is 2.77 bits per heavy atom. The summed E-state index contributed by atoms with van der Waals surface area (Å²) in [7, 11) is 0. The van der Waals surface area contributed by atoms with E-state index in [4.69, 9.17) is 10.1 Å². The van der Waals surface area contributed by atoms with Gasteiger partial charge in [-0.3, -0.25) is 4.79 Å². The van der Waals surface area contributed by atoms with E-state index in [1.165, 1.54) is 6.42 Å². The SMILES string of the molecule is C[C@H]1CCN1c1nc(N2C[C@H]3C[C@@H](C2)C3CC(=O)O)c2cccnc2n1. The van der Waals surface area contributed by atoms with Gasteiger partial charge in [-0.15, -0.1) is 0 Å². The molecule has 4 fully saturated rings. The summed E-state index contributed by atoms with van der Waals surface area (Å²) >= 11 is 0. The molecule has 1 aliphatic carbocycles. The van der Waals surface area contributed by atoms with E-state index in [0.29, 0.717) is 30.2 Å². The van der Waals surface area contributed by atoms with Gasteiger partial charge in [0.2, 0.25) is 5.95 Å². The number of rotatable bonds is 4. The molecule has 26 heavy (non-hydrogen) atoms. The van der Waals surface area contributed by atoms with Crippen LogP contribution in [0.5, 0.6) is 0 Å². The first-order chi connectivity index (χ1) is 12.6. The molecule has 7 heteroatoms. The molecule has 0 radical (unpaired) electrons. The minimum absolute atomic E-state index is 0.297. The van der Waals surface area contributed by atoms with E-state index < -0.39 is 5.97 Å². The third-order valence-corrected chi connectivity index (χ3v) is 6.45. The lowest BCUT2D eigenvalue weighted by Crippen LogP contribution is -2.56. The molecule has 3 saturated heterocycles. The third-order valence-electron chi connectivity index (χ3n) is 6.45. The Labute approximate surface area is 152 Å². The van der Waals surface area contributed by atoms with Gasteiger partial charge < -0.3 is 14.9 Å². The summed E-state index contributed by atoms with van der Waals surface area (Å²) in [5.41, 5.74) is 0.743. The predicted molar refractivity (Wildman–Crippen MR) is 98.3 cm³/mol. The number of hydrogen-bond donors (Lipinski definition) is 1. The highest BCUT2D eigenvalue weighted by Gasteiger charge is 2.47. The van der Waals surface area contributed by atoms with Crippen molar-refractivity contribution >= 4 is 28.8 Å². The predicted octanol–water partition coefficient (Wildman–Crippen LogP) is 2.17. The molecule has 3 aliphatic heterocycles. The maximum Gasteiger partial charge on any atom is 0.303 e. The Hall–Kier alpha value is -2.44. The van der Waals surface area contributed by atoms with Crippen LogP contribution in [0.4, 0.5) is 11.8 Å². The van der Waals surface area contributed by atoms with Crippen LogP contribution in [0.15, 0.2) is 18.3 Å². The van der Waals surface area contributed by atoms with Crippen molar-refractivity contribution in [1.82, 2.24) is 15.0 Å². The van der Waals surface area contributed by atoms with E-state index in [1.54, 1.807) is 6.20 Å². The summed E-state index contributed by atoms with van der Waals surface area (Å²) in [4.78, 5) is 29.7. The van der Waals surface area contributed by atoms with Crippen LogP contribution in [0.2, 0.25) is 0 Å². The molecule has 2 bridgehead atoms. The molecule has 6 rings (SSSR count). The molecule has 4 atom stereocenters. The Morgan fingerprint density at radius 2 is 2.12 bits per heavy atom. The monoisotopic (exact) mass is 353 g/mol. The van der Waals surface area contributed by atoms with Crippen molar-refractivity contribution in [3.63, 3.8) is 0 Å². The number of aromatic nitrogens is 3. The van der Waals surface area contributed by atoms with Crippen LogP contribution >= 0.6 is 0 Å². The molecule has 0 amide bonds. The second kappa shape index (κ2) is 5.79. The largest absolute Gasteiger partial charge is 0.481 e. The molecule has 1 unspecified atom stereocenters. The van der Waals surface area contributed by atoms with Crippen LogP contribution in [0.3, 0.4) is 0 Å². The van der Waals surface area contributed by atoms with Gasteiger partial charge in [-0.05, 0) is 49.7 Å². The van der Waals surface area contributed by atoms with Crippen molar-refractivity contribution in [1.29, 1.82) is 0 Å². The number of fused-ring (bicyclic) bond motifs is 3. The number of carboxylic acid groups (broad SMARTS) is 1. The molecule has 136 valence electrons. The highest BCUT2D eigenvalue weighted by atomic mass is 16.4. The third kappa shape index (κ3) is 2.40. The molecule has 4 aliphatic rings. The van der Waals surface area contributed by atoms with E-state index >= 15 is 0 Å². The number of carboxylic acids is 1. The maximum atomic E-state index is 11.1. The lowest BCUT2D eigenvalue weighted by molar-refractivity contribution is -0.141. The average Bonchev–Trinajstić information content (AvgIpc) is 2.64. The smallest absolute Gasteiger partial charge is 0.303 e. The number of aliphatic carboxylic acids is 1. The van der Waals surface area contributed by atoms with Gasteiger partial charge in [-0.25, -0.2) is 4.98 Å². The van der Waals surface area contributed by atoms with Crippen molar-refractivity contribution in [3.05, 3.63) is 18.3 Å². The Balaban J connectivity index is 1.48. The highest BCUT2D eigenvalue weighted by Crippen LogP contribution is 2.48. The molecule has 7 nitrogen and oxygen atoms in total. The molecule has 0 spiro atoms. The second-order valence-electron chi connectivity index (χ2n) is 7.98. The van der Waals surface area contributed by atoms with Gasteiger partial charge in [0, 0.05) is 38.3 Å². The first-order valence-corrected chi connectivity index (χ1v) is 9.46. The van der Waals surface area contributed by atoms with Crippen LogP contribution in [0, 0.1) is 17.8 Å². The van der Waals surface area contributed by atoms with Crippen molar-refractivity contribution in [2.75, 3.05) is 29.4 Å². The molecule has 0 aromatic carbocycles. The van der Waals surface area contributed by atoms with Gasteiger partial charge in [0.1, 0.15) is 5.82 Å². The number of piperidine rings is 2. The zero-order chi connectivity index (χ0) is 17.8. The van der Waals surface area contributed by atoms with Gasteiger partial charge in [0.25, 0.3) is 0 Å². The summed E-state index contributed by atoms with van der Waals surface area (Å²) in [5, 5.41) is 10.1. The van der Waals surface area contributed by atoms with Gasteiger partial charge in [-0.2, -0.15) is 9.97 Å². The van der Waals surface area contributed by atoms with Crippen LogP contribution in [-0.2, 0) is 4.79 Å². The summed E-state index contributed by atoms with van der Waals surface area (Å²) in [6.07, 6.45) is 4.39. The van der Waals surface area contributed by atoms with Gasteiger partial charge in [0.05, 0.1) is 5.39 Å². The fourth-order valence-electron chi connectivity index (χ4n) is 4.81. The fourth-order valence-corrected chi connectivity index (χ4v) is 4.81. The van der Waals surface area contributed by atoms with E-state index in [-0.39, 0.29) is 0 Å². The fraction of sp³-hybridized carbons (Fsp3) is 0.579. The minimum Gasteiger partial charge on any atom is -0.481 e. The normalized spacial score (nSPS) is 30.0. The number of carbonyl (C=O) groups is 1. The molecule has 5 heterocycles. The number of nitrogens with zero attached hydrogens (tertiary/aromatic N) is 5. The summed E-state index contributed by atoms with van der Waals surface area (Å²) in [5.74, 6) is 2.29. The molecule has 2 aromatic rings. The van der Waals surface area contributed by atoms with E-state index in [9.17, 15) is 4.79 Å². The second-order valence-corrected chi connectivity index (χ2v) is 7.98. The lowest BCUT2D eigenvalue weighted by atomic mass is 9.60. The Morgan fingerprint density at radius 1 is 1.31 bits per heavy atom. The van der Waals surface area contributed by atoms with Crippen molar-refractivity contribution in [2.45, 2.75) is 32.2 Å². The topological polar surface area (TPSA) is 82.5 Å². The minimum atomic E-state index is -0.677. The van der Waals surface area contributed by atoms with E-state index in [1.807, 2.05) is 12.1 Å². The summed E-state index contributed by atoms with van der Waals surface area (Å²) in [6.45, 7) is 4.95. The van der Waals surface area contributed by atoms with Crippen molar-refractivity contribution in [2.24, 2.45) is 17.8 Å². The van der Waals surface area contributed by atoms with Crippen molar-refractivity contribution < 1.29 is 9.90 Å². The number of hydrogen-bond acceptors (Lipinski definition) is 6. The van der Waals surface area contributed by atoms with E-state index in [2.05, 4.69) is 26.7 Å². The van der Waals surface area contributed by atoms with Gasteiger partial charge in [0.15, 0.2) is 5.65 Å². The number of anilines is 2. The molecule has 1 N–H and O–H groups in total. The van der Waals surface area contributed by atoms with Crippen molar-refractivity contribution in [3.8, 4) is 0 Å². The molecular formula is C19H23N5O2. The van der Waals surface area contributed by atoms with Crippen LogP contribution in [-0.4, -0.2) is 51.7 Å². The average molecular weight is 353 g/mol. The summed E-state index contributed by atoms with van der Waals surface area (Å²) < 4.78 is 0. The van der Waals surface area contributed by atoms with Gasteiger partial charge in [-0.1, -0.05) is 0 Å². The van der Waals surface area contributed by atoms with Crippen LogP contribution in [0.1, 0.15) is 26.2 Å². The maximum absolute atomic E-state index is 11.1. The first kappa shape index (κ1) is 15.8. The lowest BCUT2D eigenvalue weighted by Gasteiger charge is -2.53. The molecule has 1 saturated carbocycles. The summed E-state index contributed by atoms with van der Waals surface area (Å²) in [6, 6.07) is 4.44. The molecule has 2 aromatic heterocycles. The Kier molecular flexibility index (Phi) is 3.52. The van der Waals surface area contributed by atoms with Crippen LogP contribution < -0.4 is 9.80 Å². The van der Waals surface area contributed by atoms with Gasteiger partial charge >= 0.3 is 5.97 Å². The quantitative estimate of drug-likeness (QED) is 0.902.